The smallest absolute Gasteiger partial charge is 0.0486 e. The van der Waals surface area contributed by atoms with Crippen molar-refractivity contribution in [3.63, 3.8) is 0 Å². The van der Waals surface area contributed by atoms with Gasteiger partial charge in [-0.15, -0.1) is 0 Å². The molecular formula is C14H15BrN2. The highest BCUT2D eigenvalue weighted by molar-refractivity contribution is 9.10. The zero-order valence-electron chi connectivity index (χ0n) is 9.49. The lowest BCUT2D eigenvalue weighted by Gasteiger charge is -2.09. The molecule has 0 radical (unpaired) electrons. The molecule has 0 heterocycles. The third-order valence-electron chi connectivity index (χ3n) is 2.57. The average Bonchev–Trinajstić information content (AvgIpc) is 2.33. The number of halogens is 1. The van der Waals surface area contributed by atoms with Crippen LogP contribution in [0, 0.1) is 0 Å². The average molecular weight is 291 g/mol. The van der Waals surface area contributed by atoms with E-state index in [1.807, 2.05) is 24.3 Å². The van der Waals surface area contributed by atoms with Crippen LogP contribution in [0.2, 0.25) is 0 Å². The second kappa shape index (κ2) is 5.73. The summed E-state index contributed by atoms with van der Waals surface area (Å²) in [5, 5.41) is 3.39. The fraction of sp³-hybridized carbons (Fsp3) is 0.143. The van der Waals surface area contributed by atoms with E-state index in [1.165, 1.54) is 5.56 Å². The van der Waals surface area contributed by atoms with E-state index in [2.05, 4.69) is 45.5 Å². The van der Waals surface area contributed by atoms with E-state index in [-0.39, 0.29) is 0 Å². The molecule has 0 bridgehead atoms. The number of hydrogen-bond donors (Lipinski definition) is 2. The molecule has 2 aromatic carbocycles. The lowest BCUT2D eigenvalue weighted by Crippen LogP contribution is -2.05. The highest BCUT2D eigenvalue weighted by Crippen LogP contribution is 2.24. The summed E-state index contributed by atoms with van der Waals surface area (Å²) in [5.41, 5.74) is 8.88. The molecule has 0 spiro atoms. The second-order valence-corrected chi connectivity index (χ2v) is 4.76. The molecule has 17 heavy (non-hydrogen) atoms. The topological polar surface area (TPSA) is 38.0 Å². The maximum absolute atomic E-state index is 5.69. The van der Waals surface area contributed by atoms with Gasteiger partial charge in [-0.1, -0.05) is 30.3 Å². The molecular weight excluding hydrogens is 276 g/mol. The number of benzene rings is 2. The summed E-state index contributed by atoms with van der Waals surface area (Å²) in [6.07, 6.45) is 1.01. The first kappa shape index (κ1) is 12.0. The van der Waals surface area contributed by atoms with Crippen LogP contribution in [0.4, 0.5) is 11.4 Å². The van der Waals surface area contributed by atoms with Crippen LogP contribution in [-0.4, -0.2) is 6.54 Å². The SMILES string of the molecule is Nc1ccc(NCCc2ccccc2)c(Br)c1. The van der Waals surface area contributed by atoms with Crippen LogP contribution in [0.3, 0.4) is 0 Å². The first-order valence-electron chi connectivity index (χ1n) is 5.58. The Bertz CT molecular complexity index is 483. The summed E-state index contributed by atoms with van der Waals surface area (Å²) >= 11 is 3.49. The molecule has 0 unspecified atom stereocenters. The lowest BCUT2D eigenvalue weighted by atomic mass is 10.1. The van der Waals surface area contributed by atoms with Gasteiger partial charge >= 0.3 is 0 Å². The Labute approximate surface area is 110 Å². The van der Waals surface area contributed by atoms with E-state index in [9.17, 15) is 0 Å². The van der Waals surface area contributed by atoms with Crippen molar-refractivity contribution in [2.45, 2.75) is 6.42 Å². The Kier molecular flexibility index (Phi) is 4.04. The van der Waals surface area contributed by atoms with E-state index < -0.39 is 0 Å². The molecule has 0 aliphatic rings. The van der Waals surface area contributed by atoms with E-state index in [0.29, 0.717) is 0 Å². The van der Waals surface area contributed by atoms with E-state index in [4.69, 9.17) is 5.73 Å². The van der Waals surface area contributed by atoms with Crippen LogP contribution in [0.25, 0.3) is 0 Å². The Morgan fingerprint density at radius 2 is 1.82 bits per heavy atom. The van der Waals surface area contributed by atoms with E-state index in [1.54, 1.807) is 0 Å². The van der Waals surface area contributed by atoms with Crippen molar-refractivity contribution in [2.75, 3.05) is 17.6 Å². The number of nitrogen functional groups attached to an aromatic ring is 1. The van der Waals surface area contributed by atoms with Crippen LogP contribution in [-0.2, 0) is 6.42 Å². The number of anilines is 2. The van der Waals surface area contributed by atoms with E-state index in [0.717, 1.165) is 28.8 Å². The molecule has 0 aliphatic heterocycles. The fourth-order valence-electron chi connectivity index (χ4n) is 1.66. The summed E-state index contributed by atoms with van der Waals surface area (Å²) in [4.78, 5) is 0. The largest absolute Gasteiger partial charge is 0.399 e. The fourth-order valence-corrected chi connectivity index (χ4v) is 2.20. The summed E-state index contributed by atoms with van der Waals surface area (Å²) in [6.45, 7) is 0.909. The predicted molar refractivity (Wildman–Crippen MR) is 77.2 cm³/mol. The Balaban J connectivity index is 1.90. The van der Waals surface area contributed by atoms with Crippen LogP contribution in [0.5, 0.6) is 0 Å². The molecule has 0 saturated carbocycles. The zero-order chi connectivity index (χ0) is 12.1. The minimum absolute atomic E-state index is 0.769. The quantitative estimate of drug-likeness (QED) is 0.843. The summed E-state index contributed by atoms with van der Waals surface area (Å²) in [7, 11) is 0. The zero-order valence-corrected chi connectivity index (χ0v) is 11.1. The van der Waals surface area contributed by atoms with Crippen LogP contribution in [0.15, 0.2) is 53.0 Å². The van der Waals surface area contributed by atoms with Crippen LogP contribution >= 0.6 is 15.9 Å². The van der Waals surface area contributed by atoms with Gasteiger partial charge in [0, 0.05) is 22.4 Å². The molecule has 2 rings (SSSR count). The van der Waals surface area contributed by atoms with Gasteiger partial charge in [-0.2, -0.15) is 0 Å². The summed E-state index contributed by atoms with van der Waals surface area (Å²) in [6, 6.07) is 16.2. The molecule has 88 valence electrons. The standard InChI is InChI=1S/C14H15BrN2/c15-13-10-12(16)6-7-14(13)17-9-8-11-4-2-1-3-5-11/h1-7,10,17H,8-9,16H2. The Morgan fingerprint density at radius 3 is 2.53 bits per heavy atom. The van der Waals surface area contributed by atoms with Crippen molar-refractivity contribution >= 4 is 27.3 Å². The van der Waals surface area contributed by atoms with Crippen molar-refractivity contribution < 1.29 is 0 Å². The van der Waals surface area contributed by atoms with Gasteiger partial charge in [0.15, 0.2) is 0 Å². The minimum atomic E-state index is 0.769. The predicted octanol–water partition coefficient (Wildman–Crippen LogP) is 3.69. The maximum atomic E-state index is 5.69. The van der Waals surface area contributed by atoms with Crippen molar-refractivity contribution in [3.8, 4) is 0 Å². The Morgan fingerprint density at radius 1 is 1.06 bits per heavy atom. The second-order valence-electron chi connectivity index (χ2n) is 3.90. The van der Waals surface area contributed by atoms with Gasteiger partial charge in [0.25, 0.3) is 0 Å². The van der Waals surface area contributed by atoms with Gasteiger partial charge in [0.2, 0.25) is 0 Å². The normalized spacial score (nSPS) is 10.2. The first-order chi connectivity index (χ1) is 8.25. The molecule has 0 saturated heterocycles. The highest BCUT2D eigenvalue weighted by Gasteiger charge is 1.99. The summed E-state index contributed by atoms with van der Waals surface area (Å²) in [5.74, 6) is 0. The van der Waals surface area contributed by atoms with Gasteiger partial charge in [-0.05, 0) is 46.1 Å². The Hall–Kier alpha value is -1.48. The van der Waals surface area contributed by atoms with Crippen molar-refractivity contribution in [1.29, 1.82) is 0 Å². The number of nitrogens with one attached hydrogen (secondary N) is 1. The molecule has 2 aromatic rings. The van der Waals surface area contributed by atoms with Crippen molar-refractivity contribution in [1.82, 2.24) is 0 Å². The number of hydrogen-bond acceptors (Lipinski definition) is 2. The molecule has 0 aliphatic carbocycles. The molecule has 3 N–H and O–H groups in total. The van der Waals surface area contributed by atoms with Gasteiger partial charge < -0.3 is 11.1 Å². The van der Waals surface area contributed by atoms with Crippen LogP contribution < -0.4 is 11.1 Å². The van der Waals surface area contributed by atoms with Crippen molar-refractivity contribution in [3.05, 3.63) is 58.6 Å². The van der Waals surface area contributed by atoms with E-state index >= 15 is 0 Å². The van der Waals surface area contributed by atoms with Gasteiger partial charge in [0.05, 0.1) is 0 Å². The lowest BCUT2D eigenvalue weighted by molar-refractivity contribution is 1.02. The van der Waals surface area contributed by atoms with Crippen LogP contribution in [0.1, 0.15) is 5.56 Å². The highest BCUT2D eigenvalue weighted by atomic mass is 79.9. The van der Waals surface area contributed by atoms with Gasteiger partial charge in [0.1, 0.15) is 0 Å². The van der Waals surface area contributed by atoms with Crippen molar-refractivity contribution in [2.24, 2.45) is 0 Å². The minimum Gasteiger partial charge on any atom is -0.399 e. The summed E-state index contributed by atoms with van der Waals surface area (Å²) < 4.78 is 1.01. The first-order valence-corrected chi connectivity index (χ1v) is 6.38. The van der Waals surface area contributed by atoms with Gasteiger partial charge in [-0.25, -0.2) is 0 Å². The monoisotopic (exact) mass is 290 g/mol. The number of rotatable bonds is 4. The molecule has 2 nitrogen and oxygen atoms in total. The molecule has 0 aromatic heterocycles. The number of nitrogens with two attached hydrogens (primary N) is 1. The third-order valence-corrected chi connectivity index (χ3v) is 3.22. The van der Waals surface area contributed by atoms with Gasteiger partial charge in [-0.3, -0.25) is 0 Å². The third kappa shape index (κ3) is 3.49. The molecule has 0 amide bonds. The maximum Gasteiger partial charge on any atom is 0.0486 e. The molecule has 3 heteroatoms. The molecule has 0 fully saturated rings. The molecule has 0 atom stereocenters.